The molecule has 0 spiro atoms. The summed E-state index contributed by atoms with van der Waals surface area (Å²) in [7, 11) is 0. The van der Waals surface area contributed by atoms with E-state index in [4.69, 9.17) is 0 Å². The first-order valence-electron chi connectivity index (χ1n) is 7.29. The predicted octanol–water partition coefficient (Wildman–Crippen LogP) is 3.69. The Morgan fingerprint density at radius 1 is 0.952 bits per heavy atom. The first kappa shape index (κ1) is 13.8. The monoisotopic (exact) mass is 277 g/mol. The van der Waals surface area contributed by atoms with Crippen LogP contribution in [0, 0.1) is 6.92 Å². The third-order valence-electron chi connectivity index (χ3n) is 3.65. The smallest absolute Gasteiger partial charge is 0.0705 e. The maximum absolute atomic E-state index is 10.3. The molecule has 0 bridgehead atoms. The summed E-state index contributed by atoms with van der Waals surface area (Å²) in [5, 5.41) is 11.4. The number of nitrogens with zero attached hydrogens (tertiary/aromatic N) is 1. The van der Waals surface area contributed by atoms with Gasteiger partial charge in [0.05, 0.1) is 11.6 Å². The molecule has 0 aliphatic rings. The van der Waals surface area contributed by atoms with Gasteiger partial charge in [0.1, 0.15) is 0 Å². The zero-order valence-corrected chi connectivity index (χ0v) is 12.2. The highest BCUT2D eigenvalue weighted by Gasteiger charge is 2.08. The lowest BCUT2D eigenvalue weighted by atomic mass is 10.0. The molecule has 1 unspecified atom stereocenters. The molecule has 106 valence electrons. The Morgan fingerprint density at radius 2 is 1.81 bits per heavy atom. The van der Waals surface area contributed by atoms with E-state index in [2.05, 4.69) is 42.2 Å². The van der Waals surface area contributed by atoms with Crippen molar-refractivity contribution in [1.82, 2.24) is 4.98 Å². The second-order valence-electron chi connectivity index (χ2n) is 5.55. The van der Waals surface area contributed by atoms with Gasteiger partial charge in [-0.2, -0.15) is 0 Å². The lowest BCUT2D eigenvalue weighted by molar-refractivity contribution is 0.174. The van der Waals surface area contributed by atoms with Crippen molar-refractivity contribution in [1.29, 1.82) is 0 Å². The molecule has 1 N–H and O–H groups in total. The highest BCUT2D eigenvalue weighted by molar-refractivity contribution is 5.78. The van der Waals surface area contributed by atoms with Gasteiger partial charge in [0, 0.05) is 17.5 Å². The number of fused-ring (bicyclic) bond motifs is 1. The average Bonchev–Trinajstić information content (AvgIpc) is 2.47. The van der Waals surface area contributed by atoms with Crippen molar-refractivity contribution >= 4 is 10.9 Å². The zero-order valence-electron chi connectivity index (χ0n) is 12.2. The van der Waals surface area contributed by atoms with Gasteiger partial charge >= 0.3 is 0 Å². The van der Waals surface area contributed by atoms with Gasteiger partial charge in [-0.05, 0) is 31.0 Å². The van der Waals surface area contributed by atoms with Crippen molar-refractivity contribution in [2.75, 3.05) is 0 Å². The van der Waals surface area contributed by atoms with E-state index in [0.717, 1.165) is 16.6 Å². The van der Waals surface area contributed by atoms with Gasteiger partial charge in [0.25, 0.3) is 0 Å². The van der Waals surface area contributed by atoms with Crippen molar-refractivity contribution in [2.45, 2.75) is 25.9 Å². The summed E-state index contributed by atoms with van der Waals surface area (Å²) in [6, 6.07) is 20.4. The fourth-order valence-electron chi connectivity index (χ4n) is 2.65. The van der Waals surface area contributed by atoms with Crippen LogP contribution in [0.15, 0.2) is 60.7 Å². The molecule has 0 amide bonds. The van der Waals surface area contributed by atoms with Gasteiger partial charge in [-0.15, -0.1) is 0 Å². The molecule has 2 heteroatoms. The Morgan fingerprint density at radius 3 is 2.67 bits per heavy atom. The van der Waals surface area contributed by atoms with Crippen LogP contribution in [-0.2, 0) is 12.8 Å². The topological polar surface area (TPSA) is 33.1 Å². The fourth-order valence-corrected chi connectivity index (χ4v) is 2.65. The molecule has 0 fully saturated rings. The summed E-state index contributed by atoms with van der Waals surface area (Å²) in [6.07, 6.45) is 0.843. The van der Waals surface area contributed by atoms with Crippen LogP contribution in [0.25, 0.3) is 10.9 Å². The van der Waals surface area contributed by atoms with Crippen molar-refractivity contribution < 1.29 is 5.11 Å². The number of benzene rings is 2. The Bertz CT molecular complexity index is 751. The highest BCUT2D eigenvalue weighted by atomic mass is 16.3. The predicted molar refractivity (Wildman–Crippen MR) is 86.3 cm³/mol. The molecule has 0 saturated carbocycles. The van der Waals surface area contributed by atoms with Gasteiger partial charge in [-0.25, -0.2) is 0 Å². The minimum atomic E-state index is -0.402. The van der Waals surface area contributed by atoms with E-state index in [1.807, 2.05) is 30.3 Å². The number of aliphatic hydroxyl groups excluding tert-OH is 1. The Kier molecular flexibility index (Phi) is 3.98. The summed E-state index contributed by atoms with van der Waals surface area (Å²) in [5.41, 5.74) is 4.32. The van der Waals surface area contributed by atoms with Gasteiger partial charge < -0.3 is 5.11 Å². The number of hydrogen-bond acceptors (Lipinski definition) is 2. The second-order valence-corrected chi connectivity index (χ2v) is 5.55. The summed E-state index contributed by atoms with van der Waals surface area (Å²) in [4.78, 5) is 4.61. The molecular formula is C19H19NO. The molecule has 3 rings (SSSR count). The molecule has 0 saturated heterocycles. The molecule has 0 aliphatic carbocycles. The van der Waals surface area contributed by atoms with E-state index < -0.39 is 6.10 Å². The first-order chi connectivity index (χ1) is 10.2. The number of para-hydroxylation sites is 1. The van der Waals surface area contributed by atoms with Crippen molar-refractivity contribution in [3.8, 4) is 0 Å². The number of aliphatic hydroxyl groups is 1. The van der Waals surface area contributed by atoms with Gasteiger partial charge in [-0.3, -0.25) is 4.98 Å². The van der Waals surface area contributed by atoms with E-state index >= 15 is 0 Å². The molecule has 0 radical (unpaired) electrons. The van der Waals surface area contributed by atoms with E-state index in [-0.39, 0.29) is 0 Å². The van der Waals surface area contributed by atoms with Gasteiger partial charge in [0.2, 0.25) is 0 Å². The first-order valence-corrected chi connectivity index (χ1v) is 7.29. The fraction of sp³-hybridized carbons (Fsp3) is 0.211. The largest absolute Gasteiger partial charge is 0.392 e. The lowest BCUT2D eigenvalue weighted by Gasteiger charge is -2.11. The van der Waals surface area contributed by atoms with Crippen LogP contribution in [0.3, 0.4) is 0 Å². The molecule has 1 aromatic heterocycles. The van der Waals surface area contributed by atoms with Crippen LogP contribution in [0.5, 0.6) is 0 Å². The second kappa shape index (κ2) is 6.06. The normalized spacial score (nSPS) is 12.5. The zero-order chi connectivity index (χ0) is 14.7. The van der Waals surface area contributed by atoms with E-state index in [9.17, 15) is 5.11 Å². The number of pyridine rings is 1. The van der Waals surface area contributed by atoms with E-state index in [1.54, 1.807) is 0 Å². The molecule has 1 heterocycles. The quantitative estimate of drug-likeness (QED) is 0.789. The van der Waals surface area contributed by atoms with Crippen molar-refractivity contribution in [3.63, 3.8) is 0 Å². The van der Waals surface area contributed by atoms with Crippen molar-refractivity contribution in [2.24, 2.45) is 0 Å². The SMILES string of the molecule is Cc1cccc(CC(O)Cc2ccc3ccccc3n2)c1. The maximum atomic E-state index is 10.3. The van der Waals surface area contributed by atoms with E-state index in [0.29, 0.717) is 12.8 Å². The molecule has 21 heavy (non-hydrogen) atoms. The third kappa shape index (κ3) is 3.47. The summed E-state index contributed by atoms with van der Waals surface area (Å²) >= 11 is 0. The molecule has 2 nitrogen and oxygen atoms in total. The Balaban J connectivity index is 1.72. The van der Waals surface area contributed by atoms with Crippen molar-refractivity contribution in [3.05, 3.63) is 77.5 Å². The minimum absolute atomic E-state index is 0.402. The van der Waals surface area contributed by atoms with Crippen LogP contribution in [0.1, 0.15) is 16.8 Å². The highest BCUT2D eigenvalue weighted by Crippen LogP contribution is 2.14. The summed E-state index contributed by atoms with van der Waals surface area (Å²) in [6.45, 7) is 2.07. The van der Waals surface area contributed by atoms with Gasteiger partial charge in [0.15, 0.2) is 0 Å². The van der Waals surface area contributed by atoms with Crippen LogP contribution < -0.4 is 0 Å². The number of rotatable bonds is 4. The summed E-state index contributed by atoms with van der Waals surface area (Å²) in [5.74, 6) is 0. The van der Waals surface area contributed by atoms with Crippen LogP contribution >= 0.6 is 0 Å². The Hall–Kier alpha value is -2.19. The van der Waals surface area contributed by atoms with Crippen LogP contribution in [-0.4, -0.2) is 16.2 Å². The molecular weight excluding hydrogens is 258 g/mol. The number of hydrogen-bond donors (Lipinski definition) is 1. The third-order valence-corrected chi connectivity index (χ3v) is 3.65. The molecule has 1 atom stereocenters. The van der Waals surface area contributed by atoms with Crippen LogP contribution in [0.2, 0.25) is 0 Å². The molecule has 2 aromatic carbocycles. The average molecular weight is 277 g/mol. The summed E-state index contributed by atoms with van der Waals surface area (Å²) < 4.78 is 0. The van der Waals surface area contributed by atoms with Crippen LogP contribution in [0.4, 0.5) is 0 Å². The standard InChI is InChI=1S/C19H19NO/c1-14-5-4-6-15(11-14)12-18(21)13-17-10-9-16-7-2-3-8-19(16)20-17/h2-11,18,21H,12-13H2,1H3. The minimum Gasteiger partial charge on any atom is -0.392 e. The van der Waals surface area contributed by atoms with Gasteiger partial charge in [-0.1, -0.05) is 54.1 Å². The number of aromatic nitrogens is 1. The Labute approximate surface area is 125 Å². The van der Waals surface area contributed by atoms with E-state index in [1.165, 1.54) is 11.1 Å². The molecule has 3 aromatic rings. The maximum Gasteiger partial charge on any atom is 0.0705 e. The number of aryl methyl sites for hydroxylation is 1. The lowest BCUT2D eigenvalue weighted by Crippen LogP contribution is -2.14. The molecule has 0 aliphatic heterocycles.